The standard InChI is InChI=1S/C17H20O2S/c1-17(2,3)20(19)15-12-8-7-11-14(15)16(18)13-9-5-4-6-10-13/h4-12,16,18H,1-3H3. The first kappa shape index (κ1) is 14.9. The van der Waals surface area contributed by atoms with E-state index in [9.17, 15) is 9.32 Å². The molecule has 3 heteroatoms. The number of benzene rings is 2. The van der Waals surface area contributed by atoms with Gasteiger partial charge >= 0.3 is 0 Å². The predicted octanol–water partition coefficient (Wildman–Crippen LogP) is 3.67. The lowest BCUT2D eigenvalue weighted by Crippen LogP contribution is -2.23. The zero-order valence-corrected chi connectivity index (χ0v) is 12.9. The highest BCUT2D eigenvalue weighted by molar-refractivity contribution is 7.86. The smallest absolute Gasteiger partial charge is 0.105 e. The van der Waals surface area contributed by atoms with Crippen LogP contribution in [-0.2, 0) is 10.8 Å². The molecule has 0 bridgehead atoms. The van der Waals surface area contributed by atoms with E-state index >= 15 is 0 Å². The van der Waals surface area contributed by atoms with Crippen molar-refractivity contribution >= 4 is 10.8 Å². The van der Waals surface area contributed by atoms with Gasteiger partial charge in [0.2, 0.25) is 0 Å². The van der Waals surface area contributed by atoms with Crippen molar-refractivity contribution in [2.45, 2.75) is 36.5 Å². The van der Waals surface area contributed by atoms with Crippen LogP contribution >= 0.6 is 0 Å². The van der Waals surface area contributed by atoms with Gasteiger partial charge in [-0.3, -0.25) is 4.21 Å². The zero-order valence-electron chi connectivity index (χ0n) is 12.0. The number of aliphatic hydroxyl groups is 1. The lowest BCUT2D eigenvalue weighted by atomic mass is 10.0. The van der Waals surface area contributed by atoms with Gasteiger partial charge in [0.25, 0.3) is 0 Å². The van der Waals surface area contributed by atoms with Crippen LogP contribution in [0.25, 0.3) is 0 Å². The molecular weight excluding hydrogens is 268 g/mol. The van der Waals surface area contributed by atoms with E-state index < -0.39 is 16.9 Å². The number of hydrogen-bond acceptors (Lipinski definition) is 2. The van der Waals surface area contributed by atoms with Crippen LogP contribution in [0.2, 0.25) is 0 Å². The van der Waals surface area contributed by atoms with E-state index in [2.05, 4.69) is 0 Å². The first-order valence-electron chi connectivity index (χ1n) is 6.65. The van der Waals surface area contributed by atoms with Crippen LogP contribution < -0.4 is 0 Å². The third-order valence-corrected chi connectivity index (χ3v) is 4.97. The molecule has 2 aromatic carbocycles. The molecule has 2 unspecified atom stereocenters. The molecule has 1 N–H and O–H groups in total. The van der Waals surface area contributed by atoms with Crippen molar-refractivity contribution in [1.82, 2.24) is 0 Å². The summed E-state index contributed by atoms with van der Waals surface area (Å²) < 4.78 is 12.3. The molecule has 106 valence electrons. The van der Waals surface area contributed by atoms with E-state index in [1.165, 1.54) is 0 Å². The Morgan fingerprint density at radius 3 is 2.10 bits per heavy atom. The summed E-state index contributed by atoms with van der Waals surface area (Å²) in [6, 6.07) is 16.9. The zero-order chi connectivity index (χ0) is 14.8. The fourth-order valence-electron chi connectivity index (χ4n) is 2.02. The molecule has 0 aromatic heterocycles. The molecule has 0 heterocycles. The van der Waals surface area contributed by atoms with Crippen molar-refractivity contribution < 1.29 is 9.32 Å². The third kappa shape index (κ3) is 3.17. The fraction of sp³-hybridized carbons (Fsp3) is 0.294. The van der Waals surface area contributed by atoms with E-state index in [0.29, 0.717) is 10.5 Å². The SMILES string of the molecule is CC(C)(C)S(=O)c1ccccc1C(O)c1ccccc1. The van der Waals surface area contributed by atoms with Crippen LogP contribution in [0, 0.1) is 0 Å². The van der Waals surface area contributed by atoms with E-state index in [1.807, 2.05) is 75.4 Å². The van der Waals surface area contributed by atoms with E-state index in [1.54, 1.807) is 0 Å². The summed E-state index contributed by atoms with van der Waals surface area (Å²) in [6.07, 6.45) is -0.751. The summed E-state index contributed by atoms with van der Waals surface area (Å²) >= 11 is 0. The Balaban J connectivity index is 2.46. The van der Waals surface area contributed by atoms with Gasteiger partial charge in [0.05, 0.1) is 10.8 Å². The quantitative estimate of drug-likeness (QED) is 0.935. The van der Waals surface area contributed by atoms with Gasteiger partial charge in [0.15, 0.2) is 0 Å². The second-order valence-electron chi connectivity index (χ2n) is 5.73. The highest BCUT2D eigenvalue weighted by Gasteiger charge is 2.25. The molecular formula is C17H20O2S. The fourth-order valence-corrected chi connectivity index (χ4v) is 3.28. The molecule has 2 atom stereocenters. The van der Waals surface area contributed by atoms with Gasteiger partial charge in [-0.1, -0.05) is 48.5 Å². The molecule has 0 aliphatic carbocycles. The highest BCUT2D eigenvalue weighted by atomic mass is 32.2. The molecule has 0 aliphatic rings. The lowest BCUT2D eigenvalue weighted by molar-refractivity contribution is 0.217. The largest absolute Gasteiger partial charge is 0.384 e. The van der Waals surface area contributed by atoms with Gasteiger partial charge in [-0.2, -0.15) is 0 Å². The van der Waals surface area contributed by atoms with Crippen molar-refractivity contribution in [3.63, 3.8) is 0 Å². The monoisotopic (exact) mass is 288 g/mol. The Hall–Kier alpha value is -1.45. The first-order valence-corrected chi connectivity index (χ1v) is 7.80. The van der Waals surface area contributed by atoms with Crippen LogP contribution in [0.15, 0.2) is 59.5 Å². The molecule has 0 saturated heterocycles. The second kappa shape index (κ2) is 5.90. The normalized spacial score (nSPS) is 14.8. The van der Waals surface area contributed by atoms with E-state index in [-0.39, 0.29) is 4.75 Å². The molecule has 0 saturated carbocycles. The van der Waals surface area contributed by atoms with Gasteiger partial charge in [-0.05, 0) is 32.4 Å². The molecule has 0 amide bonds. The molecule has 0 fully saturated rings. The second-order valence-corrected chi connectivity index (χ2v) is 7.93. The Morgan fingerprint density at radius 2 is 1.50 bits per heavy atom. The molecule has 2 aromatic rings. The molecule has 0 spiro atoms. The van der Waals surface area contributed by atoms with Gasteiger partial charge in [-0.15, -0.1) is 0 Å². The maximum absolute atomic E-state index is 12.6. The number of aliphatic hydroxyl groups excluding tert-OH is 1. The van der Waals surface area contributed by atoms with E-state index in [4.69, 9.17) is 0 Å². The van der Waals surface area contributed by atoms with Crippen LogP contribution in [0.4, 0.5) is 0 Å². The Kier molecular flexibility index (Phi) is 4.41. The minimum atomic E-state index is -1.17. The van der Waals surface area contributed by atoms with Crippen molar-refractivity contribution in [1.29, 1.82) is 0 Å². The van der Waals surface area contributed by atoms with Gasteiger partial charge in [-0.25, -0.2) is 0 Å². The summed E-state index contributed by atoms with van der Waals surface area (Å²) in [7, 11) is -1.17. The molecule has 2 nitrogen and oxygen atoms in total. The van der Waals surface area contributed by atoms with E-state index in [0.717, 1.165) is 5.56 Å². The van der Waals surface area contributed by atoms with Crippen LogP contribution in [0.3, 0.4) is 0 Å². The molecule has 2 rings (SSSR count). The summed E-state index contributed by atoms with van der Waals surface area (Å²) in [5.41, 5.74) is 1.53. The van der Waals surface area contributed by atoms with Crippen LogP contribution in [-0.4, -0.2) is 14.1 Å². The average Bonchev–Trinajstić information content (AvgIpc) is 2.45. The van der Waals surface area contributed by atoms with Crippen LogP contribution in [0.1, 0.15) is 38.0 Å². The Bertz CT molecular complexity index is 600. The summed E-state index contributed by atoms with van der Waals surface area (Å²) in [5.74, 6) is 0. The van der Waals surface area contributed by atoms with Crippen molar-refractivity contribution in [3.8, 4) is 0 Å². The van der Waals surface area contributed by atoms with Gasteiger partial charge in [0.1, 0.15) is 6.10 Å². The van der Waals surface area contributed by atoms with Crippen LogP contribution in [0.5, 0.6) is 0 Å². The summed E-state index contributed by atoms with van der Waals surface area (Å²) in [6.45, 7) is 5.82. The first-order chi connectivity index (χ1) is 9.41. The minimum absolute atomic E-state index is 0.355. The van der Waals surface area contributed by atoms with Gasteiger partial charge < -0.3 is 5.11 Å². The Labute approximate surface area is 122 Å². The lowest BCUT2D eigenvalue weighted by Gasteiger charge is -2.22. The van der Waals surface area contributed by atoms with Gasteiger partial charge in [0, 0.05) is 15.2 Å². The molecule has 0 aliphatic heterocycles. The number of hydrogen-bond donors (Lipinski definition) is 1. The van der Waals surface area contributed by atoms with Crippen molar-refractivity contribution in [3.05, 3.63) is 65.7 Å². The molecule has 20 heavy (non-hydrogen) atoms. The van der Waals surface area contributed by atoms with Crippen molar-refractivity contribution in [2.75, 3.05) is 0 Å². The third-order valence-electron chi connectivity index (χ3n) is 3.08. The maximum Gasteiger partial charge on any atom is 0.105 e. The predicted molar refractivity (Wildman–Crippen MR) is 83.1 cm³/mol. The highest BCUT2D eigenvalue weighted by Crippen LogP contribution is 2.30. The molecule has 0 radical (unpaired) electrons. The van der Waals surface area contributed by atoms with Crippen molar-refractivity contribution in [2.24, 2.45) is 0 Å². The summed E-state index contributed by atoms with van der Waals surface area (Å²) in [4.78, 5) is 0.705. The maximum atomic E-state index is 12.6. The Morgan fingerprint density at radius 1 is 0.950 bits per heavy atom. The number of rotatable bonds is 3. The summed E-state index contributed by atoms with van der Waals surface area (Å²) in [5, 5.41) is 10.6. The topological polar surface area (TPSA) is 37.3 Å². The minimum Gasteiger partial charge on any atom is -0.384 e. The average molecular weight is 288 g/mol.